The van der Waals surface area contributed by atoms with E-state index >= 15 is 0 Å². The summed E-state index contributed by atoms with van der Waals surface area (Å²) in [4.78, 5) is 17.1. The van der Waals surface area contributed by atoms with E-state index in [1.807, 2.05) is 24.3 Å². The van der Waals surface area contributed by atoms with Crippen molar-refractivity contribution in [2.24, 2.45) is 0 Å². The van der Waals surface area contributed by atoms with Crippen LogP contribution in [-0.2, 0) is 0 Å². The molecule has 1 aromatic carbocycles. The number of carbonyl (C=O) groups excluding carboxylic acids is 1. The van der Waals surface area contributed by atoms with Crippen LogP contribution in [0.2, 0.25) is 0 Å². The van der Waals surface area contributed by atoms with Gasteiger partial charge in [-0.1, -0.05) is 28.1 Å². The highest BCUT2D eigenvalue weighted by Gasteiger charge is 2.18. The summed E-state index contributed by atoms with van der Waals surface area (Å²) < 4.78 is 1.02. The topological polar surface area (TPSA) is 23.6 Å². The molecule has 1 saturated heterocycles. The van der Waals surface area contributed by atoms with Crippen LogP contribution < -0.4 is 0 Å². The van der Waals surface area contributed by atoms with E-state index in [-0.39, 0.29) is 5.78 Å². The van der Waals surface area contributed by atoms with Crippen molar-refractivity contribution in [1.82, 2.24) is 9.80 Å². The highest BCUT2D eigenvalue weighted by Crippen LogP contribution is 2.13. The standard InChI is InChI=1S/C17H25BrN2O/c1-14(2)20-12-10-19(11-13-20)9-3-4-17(21)15-5-7-16(18)8-6-15/h5-8,14H,3-4,9-13H2,1-2H3. The largest absolute Gasteiger partial charge is 0.301 e. The average Bonchev–Trinajstić information content (AvgIpc) is 2.48. The fourth-order valence-electron chi connectivity index (χ4n) is 2.75. The highest BCUT2D eigenvalue weighted by atomic mass is 79.9. The minimum Gasteiger partial charge on any atom is -0.301 e. The van der Waals surface area contributed by atoms with Crippen LogP contribution in [0.15, 0.2) is 28.7 Å². The number of hydrogen-bond acceptors (Lipinski definition) is 3. The van der Waals surface area contributed by atoms with Gasteiger partial charge in [0, 0.05) is 48.7 Å². The van der Waals surface area contributed by atoms with Gasteiger partial charge in [0.25, 0.3) is 0 Å². The minimum absolute atomic E-state index is 0.253. The maximum Gasteiger partial charge on any atom is 0.162 e. The van der Waals surface area contributed by atoms with Gasteiger partial charge in [-0.15, -0.1) is 0 Å². The smallest absolute Gasteiger partial charge is 0.162 e. The van der Waals surface area contributed by atoms with Gasteiger partial charge >= 0.3 is 0 Å². The molecule has 1 aromatic rings. The molecule has 2 rings (SSSR count). The van der Waals surface area contributed by atoms with Crippen molar-refractivity contribution in [3.8, 4) is 0 Å². The van der Waals surface area contributed by atoms with E-state index in [0.717, 1.165) is 49.2 Å². The molecular weight excluding hydrogens is 328 g/mol. The Balaban J connectivity index is 1.68. The second-order valence-corrected chi connectivity index (χ2v) is 6.92. The lowest BCUT2D eigenvalue weighted by Crippen LogP contribution is -2.48. The monoisotopic (exact) mass is 352 g/mol. The molecule has 116 valence electrons. The summed E-state index contributed by atoms with van der Waals surface area (Å²) in [5.74, 6) is 0.253. The Morgan fingerprint density at radius 1 is 1.14 bits per heavy atom. The molecule has 0 aromatic heterocycles. The molecule has 0 saturated carbocycles. The lowest BCUT2D eigenvalue weighted by molar-refractivity contribution is 0.0941. The van der Waals surface area contributed by atoms with Gasteiger partial charge in [0.15, 0.2) is 5.78 Å². The predicted octanol–water partition coefficient (Wildman–Crippen LogP) is 3.44. The molecule has 0 unspecified atom stereocenters. The summed E-state index contributed by atoms with van der Waals surface area (Å²) in [5.41, 5.74) is 0.822. The third-order valence-corrected chi connectivity index (χ3v) is 4.71. The van der Waals surface area contributed by atoms with E-state index in [1.165, 1.54) is 0 Å². The van der Waals surface area contributed by atoms with Gasteiger partial charge in [-0.2, -0.15) is 0 Å². The predicted molar refractivity (Wildman–Crippen MR) is 90.9 cm³/mol. The van der Waals surface area contributed by atoms with E-state index in [1.54, 1.807) is 0 Å². The highest BCUT2D eigenvalue weighted by molar-refractivity contribution is 9.10. The summed E-state index contributed by atoms with van der Waals surface area (Å²) in [5, 5.41) is 0. The second-order valence-electron chi connectivity index (χ2n) is 6.00. The van der Waals surface area contributed by atoms with Crippen molar-refractivity contribution < 1.29 is 4.79 Å². The molecule has 21 heavy (non-hydrogen) atoms. The Hall–Kier alpha value is -0.710. The fraction of sp³-hybridized carbons (Fsp3) is 0.588. The first-order chi connectivity index (χ1) is 10.1. The van der Waals surface area contributed by atoms with Crippen LogP contribution in [0.1, 0.15) is 37.0 Å². The maximum absolute atomic E-state index is 12.1. The second kappa shape index (κ2) is 8.06. The number of carbonyl (C=O) groups is 1. The lowest BCUT2D eigenvalue weighted by Gasteiger charge is -2.36. The molecular formula is C17H25BrN2O. The summed E-state index contributed by atoms with van der Waals surface area (Å²) >= 11 is 3.39. The summed E-state index contributed by atoms with van der Waals surface area (Å²) in [6, 6.07) is 8.30. The van der Waals surface area contributed by atoms with Gasteiger partial charge in [-0.3, -0.25) is 9.69 Å². The van der Waals surface area contributed by atoms with Crippen molar-refractivity contribution >= 4 is 21.7 Å². The molecule has 0 bridgehead atoms. The van der Waals surface area contributed by atoms with E-state index < -0.39 is 0 Å². The molecule has 1 fully saturated rings. The van der Waals surface area contributed by atoms with Crippen LogP contribution in [0.4, 0.5) is 0 Å². The van der Waals surface area contributed by atoms with Crippen molar-refractivity contribution in [1.29, 1.82) is 0 Å². The van der Waals surface area contributed by atoms with Crippen LogP contribution >= 0.6 is 15.9 Å². The molecule has 1 aliphatic rings. The third-order valence-electron chi connectivity index (χ3n) is 4.18. The number of hydrogen-bond donors (Lipinski definition) is 0. The van der Waals surface area contributed by atoms with E-state index in [4.69, 9.17) is 0 Å². The van der Waals surface area contributed by atoms with E-state index in [9.17, 15) is 4.79 Å². The normalized spacial score (nSPS) is 17.3. The van der Waals surface area contributed by atoms with Crippen molar-refractivity contribution in [3.05, 3.63) is 34.3 Å². The maximum atomic E-state index is 12.1. The first-order valence-corrected chi connectivity index (χ1v) is 8.61. The Bertz CT molecular complexity index is 450. The van der Waals surface area contributed by atoms with E-state index in [0.29, 0.717) is 12.5 Å². The number of ketones is 1. The zero-order chi connectivity index (χ0) is 15.2. The summed E-state index contributed by atoms with van der Waals surface area (Å²) in [6.45, 7) is 10.1. The Kier molecular flexibility index (Phi) is 6.40. The van der Waals surface area contributed by atoms with Gasteiger partial charge in [-0.05, 0) is 38.9 Å². The zero-order valence-corrected chi connectivity index (χ0v) is 14.6. The van der Waals surface area contributed by atoms with Crippen molar-refractivity contribution in [2.75, 3.05) is 32.7 Å². The molecule has 0 atom stereocenters. The van der Waals surface area contributed by atoms with Crippen LogP contribution in [0.3, 0.4) is 0 Å². The first-order valence-electron chi connectivity index (χ1n) is 7.81. The van der Waals surface area contributed by atoms with Gasteiger partial charge in [0.2, 0.25) is 0 Å². The van der Waals surface area contributed by atoms with Crippen LogP contribution in [-0.4, -0.2) is 54.3 Å². The molecule has 1 heterocycles. The quantitative estimate of drug-likeness (QED) is 0.732. The molecule has 0 spiro atoms. The number of halogens is 1. The molecule has 0 amide bonds. The van der Waals surface area contributed by atoms with Gasteiger partial charge in [-0.25, -0.2) is 0 Å². The molecule has 0 N–H and O–H groups in total. The Morgan fingerprint density at radius 2 is 1.76 bits per heavy atom. The third kappa shape index (κ3) is 5.20. The summed E-state index contributed by atoms with van der Waals surface area (Å²) in [7, 11) is 0. The number of nitrogens with zero attached hydrogens (tertiary/aromatic N) is 2. The van der Waals surface area contributed by atoms with Crippen LogP contribution in [0, 0.1) is 0 Å². The van der Waals surface area contributed by atoms with Crippen LogP contribution in [0.5, 0.6) is 0 Å². The Labute approximate surface area is 136 Å². The number of benzene rings is 1. The average molecular weight is 353 g/mol. The van der Waals surface area contributed by atoms with Gasteiger partial charge < -0.3 is 4.90 Å². The van der Waals surface area contributed by atoms with Crippen molar-refractivity contribution in [3.63, 3.8) is 0 Å². The molecule has 1 aliphatic heterocycles. The number of rotatable bonds is 6. The lowest BCUT2D eigenvalue weighted by atomic mass is 10.1. The SMILES string of the molecule is CC(C)N1CCN(CCCC(=O)c2ccc(Br)cc2)CC1. The van der Waals surface area contributed by atoms with Crippen molar-refractivity contribution in [2.45, 2.75) is 32.7 Å². The van der Waals surface area contributed by atoms with Crippen LogP contribution in [0.25, 0.3) is 0 Å². The minimum atomic E-state index is 0.253. The first kappa shape index (κ1) is 16.7. The Morgan fingerprint density at radius 3 is 2.33 bits per heavy atom. The molecule has 0 aliphatic carbocycles. The summed E-state index contributed by atoms with van der Waals surface area (Å²) in [6.07, 6.45) is 1.60. The molecule has 4 heteroatoms. The molecule has 3 nitrogen and oxygen atoms in total. The fourth-order valence-corrected chi connectivity index (χ4v) is 3.01. The zero-order valence-electron chi connectivity index (χ0n) is 13.0. The molecule has 0 radical (unpaired) electrons. The number of piperazine rings is 1. The number of Topliss-reactive ketones (excluding diaryl/α,β-unsaturated/α-hetero) is 1. The van der Waals surface area contributed by atoms with Gasteiger partial charge in [0.05, 0.1) is 0 Å². The van der Waals surface area contributed by atoms with E-state index in [2.05, 4.69) is 39.6 Å². The van der Waals surface area contributed by atoms with Gasteiger partial charge in [0.1, 0.15) is 0 Å².